The molecule has 0 bridgehead atoms. The van der Waals surface area contributed by atoms with Crippen LogP contribution in [0.3, 0.4) is 0 Å². The van der Waals surface area contributed by atoms with E-state index in [0.717, 1.165) is 0 Å². The van der Waals surface area contributed by atoms with Crippen LogP contribution < -0.4 is 9.64 Å². The van der Waals surface area contributed by atoms with E-state index >= 15 is 0 Å². The fourth-order valence-corrected chi connectivity index (χ4v) is 4.12. The second-order valence-electron chi connectivity index (χ2n) is 8.80. The number of pyridine rings is 1. The van der Waals surface area contributed by atoms with Gasteiger partial charge in [-0.2, -0.15) is 0 Å². The largest absolute Gasteiger partial charge is 0.507 e. The van der Waals surface area contributed by atoms with Gasteiger partial charge in [-0.3, -0.25) is 19.5 Å². The number of carbonyl (C=O) groups is 3. The Bertz CT molecular complexity index is 1350. The monoisotopic (exact) mass is 500 g/mol. The zero-order chi connectivity index (χ0) is 26.5. The van der Waals surface area contributed by atoms with Crippen molar-refractivity contribution in [3.63, 3.8) is 0 Å². The van der Waals surface area contributed by atoms with Crippen LogP contribution in [0.25, 0.3) is 5.76 Å². The minimum absolute atomic E-state index is 0.0900. The summed E-state index contributed by atoms with van der Waals surface area (Å²) in [6.45, 7) is 5.92. The van der Waals surface area contributed by atoms with E-state index in [-0.39, 0.29) is 29.6 Å². The Kier molecular flexibility index (Phi) is 7.67. The van der Waals surface area contributed by atoms with E-state index in [0.29, 0.717) is 29.1 Å². The Balaban J connectivity index is 1.84. The van der Waals surface area contributed by atoms with Crippen LogP contribution in [-0.2, 0) is 14.3 Å². The third kappa shape index (κ3) is 5.38. The molecule has 1 atom stereocenters. The lowest BCUT2D eigenvalue weighted by molar-refractivity contribution is -0.132. The van der Waals surface area contributed by atoms with Gasteiger partial charge in [-0.05, 0) is 62.7 Å². The lowest BCUT2D eigenvalue weighted by atomic mass is 9.98. The molecule has 1 aliphatic heterocycles. The quantitative estimate of drug-likeness (QED) is 0.199. The number of aliphatic hydroxyl groups excluding tert-OH is 1. The van der Waals surface area contributed by atoms with Crippen LogP contribution in [0.2, 0.25) is 0 Å². The molecule has 37 heavy (non-hydrogen) atoms. The molecule has 0 radical (unpaired) electrons. The van der Waals surface area contributed by atoms with Crippen molar-refractivity contribution in [1.82, 2.24) is 4.98 Å². The van der Waals surface area contributed by atoms with Gasteiger partial charge >= 0.3 is 5.97 Å². The van der Waals surface area contributed by atoms with E-state index in [1.807, 2.05) is 20.8 Å². The first-order valence-electron chi connectivity index (χ1n) is 12.1. The summed E-state index contributed by atoms with van der Waals surface area (Å²) in [6.07, 6.45) is 2.13. The van der Waals surface area contributed by atoms with Gasteiger partial charge in [-0.15, -0.1) is 0 Å². The van der Waals surface area contributed by atoms with Crippen LogP contribution in [0.15, 0.2) is 78.5 Å². The van der Waals surface area contributed by atoms with Gasteiger partial charge in [0.25, 0.3) is 11.7 Å². The van der Waals surface area contributed by atoms with Crippen molar-refractivity contribution in [3.05, 3.63) is 95.3 Å². The van der Waals surface area contributed by atoms with Crippen LogP contribution in [0.4, 0.5) is 5.69 Å². The number of aliphatic hydroxyl groups is 1. The number of amides is 1. The summed E-state index contributed by atoms with van der Waals surface area (Å²) in [5.74, 6) is -2.06. The molecule has 1 N–H and O–H groups in total. The number of Topliss-reactive ketones (excluding diaryl/α,β-unsaturated/α-hetero) is 1. The first kappa shape index (κ1) is 25.6. The first-order valence-corrected chi connectivity index (χ1v) is 12.1. The standard InChI is InChI=1S/C29H28N2O6/c1-4-15-36-29(35)20-10-7-11-21(16-20)31-25(23-13-5-6-14-30-23)24(27(33)28(31)34)26(32)19-9-8-12-22(17-19)37-18(2)3/h5-14,16-18,25,32H,4,15H2,1-3H3/b26-24+. The van der Waals surface area contributed by atoms with Crippen LogP contribution in [0, 0.1) is 0 Å². The molecule has 3 aromatic rings. The number of ketones is 1. The maximum absolute atomic E-state index is 13.4. The number of nitrogens with zero attached hydrogens (tertiary/aromatic N) is 2. The van der Waals surface area contributed by atoms with E-state index < -0.39 is 23.7 Å². The Morgan fingerprint density at radius 3 is 2.49 bits per heavy atom. The first-order chi connectivity index (χ1) is 17.8. The molecule has 1 saturated heterocycles. The molecule has 1 aliphatic rings. The zero-order valence-corrected chi connectivity index (χ0v) is 20.9. The predicted octanol–water partition coefficient (Wildman–Crippen LogP) is 5.06. The molecule has 1 amide bonds. The fourth-order valence-electron chi connectivity index (χ4n) is 4.12. The average molecular weight is 501 g/mol. The molecule has 190 valence electrons. The highest BCUT2D eigenvalue weighted by Gasteiger charge is 2.47. The third-order valence-corrected chi connectivity index (χ3v) is 5.69. The summed E-state index contributed by atoms with van der Waals surface area (Å²) in [5.41, 5.74) is 1.15. The highest BCUT2D eigenvalue weighted by Crippen LogP contribution is 2.42. The van der Waals surface area contributed by atoms with Crippen LogP contribution in [0.1, 0.15) is 54.8 Å². The Morgan fingerprint density at radius 1 is 1.03 bits per heavy atom. The van der Waals surface area contributed by atoms with Gasteiger partial charge in [0.05, 0.1) is 29.5 Å². The molecular weight excluding hydrogens is 472 g/mol. The maximum atomic E-state index is 13.4. The third-order valence-electron chi connectivity index (χ3n) is 5.69. The summed E-state index contributed by atoms with van der Waals surface area (Å²) in [6, 6.07) is 17.1. The van der Waals surface area contributed by atoms with Crippen LogP contribution in [-0.4, -0.2) is 40.5 Å². The van der Waals surface area contributed by atoms with E-state index in [1.165, 1.54) is 11.0 Å². The molecule has 4 rings (SSSR count). The number of hydrogen-bond donors (Lipinski definition) is 1. The van der Waals surface area contributed by atoms with Gasteiger partial charge < -0.3 is 14.6 Å². The molecule has 0 spiro atoms. The molecule has 8 heteroatoms. The van der Waals surface area contributed by atoms with Gasteiger partial charge in [0.2, 0.25) is 0 Å². The van der Waals surface area contributed by atoms with Crippen molar-refractivity contribution in [3.8, 4) is 5.75 Å². The predicted molar refractivity (Wildman–Crippen MR) is 138 cm³/mol. The average Bonchev–Trinajstić information content (AvgIpc) is 3.17. The second kappa shape index (κ2) is 11.1. The number of aromatic nitrogens is 1. The number of benzene rings is 2. The second-order valence-corrected chi connectivity index (χ2v) is 8.80. The Morgan fingerprint density at radius 2 is 1.78 bits per heavy atom. The Labute approximate surface area is 215 Å². The number of esters is 1. The molecule has 1 unspecified atom stereocenters. The zero-order valence-electron chi connectivity index (χ0n) is 20.9. The molecule has 0 saturated carbocycles. The lowest BCUT2D eigenvalue weighted by Crippen LogP contribution is -2.30. The molecule has 1 aromatic heterocycles. The molecule has 2 aromatic carbocycles. The number of rotatable bonds is 8. The van der Waals surface area contributed by atoms with E-state index in [4.69, 9.17) is 9.47 Å². The molecule has 2 heterocycles. The van der Waals surface area contributed by atoms with Crippen molar-refractivity contribution in [2.24, 2.45) is 0 Å². The van der Waals surface area contributed by atoms with Crippen molar-refractivity contribution in [1.29, 1.82) is 0 Å². The summed E-state index contributed by atoms with van der Waals surface area (Å²) in [5, 5.41) is 11.3. The highest BCUT2D eigenvalue weighted by atomic mass is 16.5. The number of carbonyl (C=O) groups excluding carboxylic acids is 3. The topological polar surface area (TPSA) is 106 Å². The maximum Gasteiger partial charge on any atom is 0.338 e. The molecular formula is C29H28N2O6. The molecule has 0 aliphatic carbocycles. The summed E-state index contributed by atoms with van der Waals surface area (Å²) < 4.78 is 11.0. The van der Waals surface area contributed by atoms with Crippen molar-refractivity contribution >= 4 is 29.1 Å². The summed E-state index contributed by atoms with van der Waals surface area (Å²) in [4.78, 5) is 44.8. The normalized spacial score (nSPS) is 16.8. The number of hydrogen-bond acceptors (Lipinski definition) is 7. The van der Waals surface area contributed by atoms with Crippen molar-refractivity contribution in [2.45, 2.75) is 39.3 Å². The SMILES string of the molecule is CCCOC(=O)c1cccc(N2C(=O)C(=O)/C(=C(/O)c3cccc(OC(C)C)c3)C2c2ccccn2)c1. The molecule has 1 fully saturated rings. The fraction of sp³-hybridized carbons (Fsp3) is 0.241. The number of anilines is 1. The van der Waals surface area contributed by atoms with Crippen molar-refractivity contribution < 1.29 is 29.0 Å². The van der Waals surface area contributed by atoms with Gasteiger partial charge in [0.1, 0.15) is 17.6 Å². The van der Waals surface area contributed by atoms with Gasteiger partial charge in [0.15, 0.2) is 0 Å². The summed E-state index contributed by atoms with van der Waals surface area (Å²) >= 11 is 0. The molecule has 8 nitrogen and oxygen atoms in total. The Hall–Kier alpha value is -4.46. The smallest absolute Gasteiger partial charge is 0.338 e. The van der Waals surface area contributed by atoms with E-state index in [1.54, 1.807) is 66.9 Å². The van der Waals surface area contributed by atoms with Gasteiger partial charge in [-0.1, -0.05) is 31.2 Å². The lowest BCUT2D eigenvalue weighted by Gasteiger charge is -2.25. The van der Waals surface area contributed by atoms with Crippen LogP contribution >= 0.6 is 0 Å². The van der Waals surface area contributed by atoms with E-state index in [9.17, 15) is 19.5 Å². The summed E-state index contributed by atoms with van der Waals surface area (Å²) in [7, 11) is 0. The number of ether oxygens (including phenoxy) is 2. The minimum atomic E-state index is -1.02. The van der Waals surface area contributed by atoms with Gasteiger partial charge in [-0.25, -0.2) is 4.79 Å². The minimum Gasteiger partial charge on any atom is -0.507 e. The van der Waals surface area contributed by atoms with Gasteiger partial charge in [0, 0.05) is 17.4 Å². The van der Waals surface area contributed by atoms with E-state index in [2.05, 4.69) is 4.98 Å². The highest BCUT2D eigenvalue weighted by molar-refractivity contribution is 6.51. The van der Waals surface area contributed by atoms with Crippen molar-refractivity contribution in [2.75, 3.05) is 11.5 Å². The van der Waals surface area contributed by atoms with Crippen LogP contribution in [0.5, 0.6) is 5.75 Å².